The highest BCUT2D eigenvalue weighted by molar-refractivity contribution is 5.61. The van der Waals surface area contributed by atoms with Gasteiger partial charge in [-0.15, -0.1) is 0 Å². The van der Waals surface area contributed by atoms with E-state index in [0.717, 1.165) is 26.2 Å². The molecule has 42 heavy (non-hydrogen) atoms. The molecule has 0 saturated heterocycles. The Labute approximate surface area is 255 Å². The number of rotatable bonds is 19. The van der Waals surface area contributed by atoms with Crippen LogP contribution in [-0.2, 0) is 26.2 Å². The molecule has 4 heteroatoms. The van der Waals surface area contributed by atoms with Crippen LogP contribution in [-0.4, -0.2) is 0 Å². The SMILES string of the molecule is CCCCCC[n+]1ccc(-c2cc[n+](CCCCCC[n+]3ccc(-c4cc[n+](CCCCCC)cc4)cc3)cc2)cc1. The lowest BCUT2D eigenvalue weighted by molar-refractivity contribution is -0.698. The molecule has 0 aliphatic rings. The number of aryl methyl sites for hydroxylation is 4. The Hall–Kier alpha value is -3.40. The standard InChI is InChI=1S/C38H54N4/c1-3-5-7-11-23-39-27-15-35(16-28-39)37-19-31-41(32-20-37)25-13-9-10-14-26-42-33-21-38(22-34-42)36-17-29-40(30-18-36)24-12-8-6-4-2/h15-22,27-34H,3-14,23-26H2,1-2H3/q+4. The first-order valence-corrected chi connectivity index (χ1v) is 16.7. The van der Waals surface area contributed by atoms with Gasteiger partial charge in [0.05, 0.1) is 0 Å². The lowest BCUT2D eigenvalue weighted by Gasteiger charge is -2.03. The smallest absolute Gasteiger partial charge is 0.169 e. The van der Waals surface area contributed by atoms with Gasteiger partial charge in [-0.2, -0.15) is 0 Å². The van der Waals surface area contributed by atoms with Crippen LogP contribution >= 0.6 is 0 Å². The molecule has 0 aliphatic heterocycles. The van der Waals surface area contributed by atoms with Crippen molar-refractivity contribution in [1.29, 1.82) is 0 Å². The van der Waals surface area contributed by atoms with Crippen molar-refractivity contribution in [3.63, 3.8) is 0 Å². The van der Waals surface area contributed by atoms with E-state index in [0.29, 0.717) is 0 Å². The number of aromatic nitrogens is 4. The summed E-state index contributed by atoms with van der Waals surface area (Å²) in [6.45, 7) is 8.94. The summed E-state index contributed by atoms with van der Waals surface area (Å²) >= 11 is 0. The predicted molar refractivity (Wildman–Crippen MR) is 171 cm³/mol. The van der Waals surface area contributed by atoms with Crippen LogP contribution in [0.15, 0.2) is 98.1 Å². The van der Waals surface area contributed by atoms with Crippen molar-refractivity contribution in [2.75, 3.05) is 0 Å². The third-order valence-electron chi connectivity index (χ3n) is 8.35. The summed E-state index contributed by atoms with van der Waals surface area (Å²) in [5, 5.41) is 0. The second-order valence-electron chi connectivity index (χ2n) is 11.8. The molecule has 0 fully saturated rings. The monoisotopic (exact) mass is 566 g/mol. The minimum Gasteiger partial charge on any atom is -0.205 e. The third kappa shape index (κ3) is 10.8. The van der Waals surface area contributed by atoms with Crippen molar-refractivity contribution in [2.45, 2.75) is 117 Å². The highest BCUT2D eigenvalue weighted by atomic mass is 14.9. The van der Waals surface area contributed by atoms with Crippen molar-refractivity contribution < 1.29 is 18.3 Å². The van der Waals surface area contributed by atoms with E-state index in [9.17, 15) is 0 Å². The second-order valence-corrected chi connectivity index (χ2v) is 11.8. The Morgan fingerprint density at radius 3 is 0.738 bits per heavy atom. The molecule has 4 aromatic heterocycles. The number of unbranched alkanes of at least 4 members (excludes halogenated alkanes) is 9. The lowest BCUT2D eigenvalue weighted by Crippen LogP contribution is -2.33. The summed E-state index contributed by atoms with van der Waals surface area (Å²) in [5.74, 6) is 0. The molecule has 0 aliphatic carbocycles. The normalized spacial score (nSPS) is 11.2. The van der Waals surface area contributed by atoms with E-state index < -0.39 is 0 Å². The fourth-order valence-electron chi connectivity index (χ4n) is 5.58. The Balaban J connectivity index is 1.11. The summed E-state index contributed by atoms with van der Waals surface area (Å²) in [6.07, 6.45) is 33.3. The Bertz CT molecular complexity index is 1160. The van der Waals surface area contributed by atoms with Gasteiger partial charge >= 0.3 is 0 Å². The molecule has 222 valence electrons. The Kier molecular flexibility index (Phi) is 13.7. The number of nitrogens with zero attached hydrogens (tertiary/aromatic N) is 4. The van der Waals surface area contributed by atoms with Crippen LogP contribution in [0.25, 0.3) is 22.3 Å². The van der Waals surface area contributed by atoms with E-state index in [1.54, 1.807) is 0 Å². The number of hydrogen-bond acceptors (Lipinski definition) is 0. The molecule has 0 unspecified atom stereocenters. The van der Waals surface area contributed by atoms with Gasteiger partial charge in [0, 0.05) is 74.2 Å². The van der Waals surface area contributed by atoms with Crippen molar-refractivity contribution in [3.8, 4) is 22.3 Å². The molecule has 0 N–H and O–H groups in total. The molecular weight excluding hydrogens is 512 g/mol. The highest BCUT2D eigenvalue weighted by Crippen LogP contribution is 2.17. The Morgan fingerprint density at radius 2 is 0.524 bits per heavy atom. The maximum Gasteiger partial charge on any atom is 0.169 e. The fourth-order valence-corrected chi connectivity index (χ4v) is 5.58. The number of hydrogen-bond donors (Lipinski definition) is 0. The summed E-state index contributed by atoms with van der Waals surface area (Å²) in [5.41, 5.74) is 5.17. The first kappa shape index (κ1) is 31.5. The van der Waals surface area contributed by atoms with E-state index in [1.165, 1.54) is 99.3 Å². The zero-order valence-corrected chi connectivity index (χ0v) is 26.3. The topological polar surface area (TPSA) is 15.5 Å². The van der Waals surface area contributed by atoms with E-state index >= 15 is 0 Å². The lowest BCUT2D eigenvalue weighted by atomic mass is 10.1. The average Bonchev–Trinajstić information content (AvgIpc) is 3.04. The molecular formula is C38H54N4+4. The average molecular weight is 567 g/mol. The largest absolute Gasteiger partial charge is 0.205 e. The highest BCUT2D eigenvalue weighted by Gasteiger charge is 2.08. The summed E-state index contributed by atoms with van der Waals surface area (Å²) in [4.78, 5) is 0. The first-order valence-electron chi connectivity index (χ1n) is 16.7. The summed E-state index contributed by atoms with van der Waals surface area (Å²) < 4.78 is 9.27. The molecule has 0 aromatic carbocycles. The quantitative estimate of drug-likeness (QED) is 0.0821. The molecule has 0 amide bonds. The van der Waals surface area contributed by atoms with Gasteiger partial charge in [-0.05, 0) is 47.9 Å². The van der Waals surface area contributed by atoms with Gasteiger partial charge in [0.1, 0.15) is 26.2 Å². The van der Waals surface area contributed by atoms with Crippen LogP contribution in [0.5, 0.6) is 0 Å². The van der Waals surface area contributed by atoms with Gasteiger partial charge in [0.25, 0.3) is 0 Å². The van der Waals surface area contributed by atoms with Crippen molar-refractivity contribution in [1.82, 2.24) is 0 Å². The first-order chi connectivity index (χ1) is 20.7. The van der Waals surface area contributed by atoms with E-state index in [4.69, 9.17) is 0 Å². The summed E-state index contributed by atoms with van der Waals surface area (Å²) in [6, 6.07) is 18.0. The van der Waals surface area contributed by atoms with Crippen LogP contribution in [0.1, 0.15) is 90.9 Å². The molecule has 0 bridgehead atoms. The van der Waals surface area contributed by atoms with Crippen LogP contribution in [0.2, 0.25) is 0 Å². The molecule has 4 nitrogen and oxygen atoms in total. The van der Waals surface area contributed by atoms with Crippen LogP contribution < -0.4 is 18.3 Å². The zero-order valence-electron chi connectivity index (χ0n) is 26.3. The molecule has 0 atom stereocenters. The Morgan fingerprint density at radius 1 is 0.310 bits per heavy atom. The second kappa shape index (κ2) is 18.2. The van der Waals surface area contributed by atoms with Crippen molar-refractivity contribution >= 4 is 0 Å². The third-order valence-corrected chi connectivity index (χ3v) is 8.35. The predicted octanol–water partition coefficient (Wildman–Crippen LogP) is 7.59. The molecule has 4 aromatic rings. The minimum absolute atomic E-state index is 1.09. The maximum absolute atomic E-state index is 2.32. The van der Waals surface area contributed by atoms with Gasteiger partial charge < -0.3 is 0 Å². The molecule has 0 radical (unpaired) electrons. The fraction of sp³-hybridized carbons (Fsp3) is 0.474. The van der Waals surface area contributed by atoms with Gasteiger partial charge in [0.2, 0.25) is 0 Å². The zero-order chi connectivity index (χ0) is 29.2. The molecule has 4 heterocycles. The van der Waals surface area contributed by atoms with Crippen LogP contribution in [0, 0.1) is 0 Å². The van der Waals surface area contributed by atoms with Crippen LogP contribution in [0.3, 0.4) is 0 Å². The number of pyridine rings is 4. The van der Waals surface area contributed by atoms with Gasteiger partial charge in [-0.3, -0.25) is 0 Å². The minimum atomic E-state index is 1.09. The van der Waals surface area contributed by atoms with Crippen LogP contribution in [0.4, 0.5) is 0 Å². The van der Waals surface area contributed by atoms with Gasteiger partial charge in [-0.25, -0.2) is 18.3 Å². The van der Waals surface area contributed by atoms with Crippen molar-refractivity contribution in [2.24, 2.45) is 0 Å². The summed E-state index contributed by atoms with van der Waals surface area (Å²) in [7, 11) is 0. The molecule has 0 spiro atoms. The maximum atomic E-state index is 2.32. The van der Waals surface area contributed by atoms with Crippen molar-refractivity contribution in [3.05, 3.63) is 98.1 Å². The van der Waals surface area contributed by atoms with Gasteiger partial charge in [0.15, 0.2) is 49.6 Å². The van der Waals surface area contributed by atoms with E-state index in [2.05, 4.69) is 130 Å². The van der Waals surface area contributed by atoms with E-state index in [-0.39, 0.29) is 0 Å². The van der Waals surface area contributed by atoms with E-state index in [1.807, 2.05) is 0 Å². The van der Waals surface area contributed by atoms with Gasteiger partial charge in [-0.1, -0.05) is 39.5 Å². The molecule has 4 rings (SSSR count). The molecule has 0 saturated carbocycles.